The van der Waals surface area contributed by atoms with Crippen LogP contribution in [0.2, 0.25) is 0 Å². The Morgan fingerprint density at radius 3 is 2.73 bits per heavy atom. The first kappa shape index (κ1) is 16.3. The first-order valence-corrected chi connectivity index (χ1v) is 7.63. The van der Waals surface area contributed by atoms with Gasteiger partial charge >= 0.3 is 11.9 Å². The normalized spacial score (nSPS) is 20.0. The monoisotopic (exact) mass is 306 g/mol. The molecule has 1 aliphatic rings. The highest BCUT2D eigenvalue weighted by Gasteiger charge is 2.37. The van der Waals surface area contributed by atoms with E-state index in [1.54, 1.807) is 25.3 Å². The summed E-state index contributed by atoms with van der Waals surface area (Å²) in [6, 6.07) is 5.09. The third-order valence-corrected chi connectivity index (χ3v) is 3.77. The minimum absolute atomic E-state index is 0.373. The fourth-order valence-electron chi connectivity index (χ4n) is 2.68. The second-order valence-corrected chi connectivity index (χ2v) is 5.42. The zero-order chi connectivity index (χ0) is 16.1. The Hall–Kier alpha value is -2.04. The number of carbonyl (C=O) groups excluding carboxylic acids is 2. The van der Waals surface area contributed by atoms with Crippen LogP contribution in [0.5, 0.6) is 5.75 Å². The summed E-state index contributed by atoms with van der Waals surface area (Å²) in [6.45, 7) is 3.47. The maximum absolute atomic E-state index is 12.2. The Morgan fingerprint density at radius 1 is 1.32 bits per heavy atom. The van der Waals surface area contributed by atoms with Gasteiger partial charge in [0.05, 0.1) is 12.7 Å². The second kappa shape index (κ2) is 7.29. The van der Waals surface area contributed by atoms with Gasteiger partial charge in [-0.3, -0.25) is 4.79 Å². The van der Waals surface area contributed by atoms with Gasteiger partial charge in [-0.15, -0.1) is 0 Å². The van der Waals surface area contributed by atoms with Gasteiger partial charge in [-0.1, -0.05) is 19.8 Å². The minimum atomic E-state index is -0.572. The number of esters is 2. The van der Waals surface area contributed by atoms with Gasteiger partial charge in [-0.25, -0.2) is 4.79 Å². The zero-order valence-corrected chi connectivity index (χ0v) is 13.3. The lowest BCUT2D eigenvalue weighted by Crippen LogP contribution is -2.34. The smallest absolute Gasteiger partial charge is 0.338 e. The van der Waals surface area contributed by atoms with Crippen LogP contribution in [0.15, 0.2) is 18.2 Å². The van der Waals surface area contributed by atoms with Gasteiger partial charge in [0.25, 0.3) is 0 Å². The van der Waals surface area contributed by atoms with E-state index in [1.165, 1.54) is 6.92 Å². The molecule has 0 unspecified atom stereocenters. The summed E-state index contributed by atoms with van der Waals surface area (Å²) in [5.74, 6) is -0.141. The lowest BCUT2D eigenvalue weighted by atomic mass is 9.92. The molecule has 1 aromatic rings. The van der Waals surface area contributed by atoms with Gasteiger partial charge in [0.1, 0.15) is 11.9 Å². The minimum Gasteiger partial charge on any atom is -0.497 e. The third kappa shape index (κ3) is 3.59. The van der Waals surface area contributed by atoms with E-state index in [-0.39, 0.29) is 5.97 Å². The van der Waals surface area contributed by atoms with Crippen LogP contribution in [0.1, 0.15) is 61.6 Å². The molecule has 0 radical (unpaired) electrons. The van der Waals surface area contributed by atoms with Crippen LogP contribution in [-0.2, 0) is 14.3 Å². The van der Waals surface area contributed by atoms with Crippen molar-refractivity contribution < 1.29 is 23.8 Å². The lowest BCUT2D eigenvalue weighted by molar-refractivity contribution is -0.154. The number of carbonyl (C=O) groups is 2. The van der Waals surface area contributed by atoms with Crippen molar-refractivity contribution >= 4 is 11.9 Å². The molecule has 5 heteroatoms. The highest BCUT2D eigenvalue weighted by molar-refractivity contribution is 5.93. The molecule has 5 nitrogen and oxygen atoms in total. The number of unbranched alkanes of at least 4 members (excludes halogenated alkanes) is 2. The molecule has 22 heavy (non-hydrogen) atoms. The van der Waals surface area contributed by atoms with Crippen LogP contribution in [0.3, 0.4) is 0 Å². The van der Waals surface area contributed by atoms with Gasteiger partial charge in [0, 0.05) is 12.5 Å². The number of ether oxygens (including phenoxy) is 3. The van der Waals surface area contributed by atoms with Crippen molar-refractivity contribution in [3.63, 3.8) is 0 Å². The zero-order valence-electron chi connectivity index (χ0n) is 13.3. The molecule has 1 aliphatic heterocycles. The molecule has 2 rings (SSSR count). The van der Waals surface area contributed by atoms with E-state index in [9.17, 15) is 9.59 Å². The summed E-state index contributed by atoms with van der Waals surface area (Å²) in [5.41, 5.74) is 1.09. The van der Waals surface area contributed by atoms with Gasteiger partial charge in [0.15, 0.2) is 6.10 Å². The standard InChI is InChI=1S/C17H22O5/c1-4-5-6-7-15-16(21-11(2)18)14-10-12(20-3)8-9-13(14)17(19)22-15/h8-10,15-16H,4-7H2,1-3H3/t15-,16-/m1/s1. The number of benzene rings is 1. The Kier molecular flexibility index (Phi) is 5.41. The average Bonchev–Trinajstić information content (AvgIpc) is 2.50. The Balaban J connectivity index is 2.33. The van der Waals surface area contributed by atoms with Crippen LogP contribution >= 0.6 is 0 Å². The van der Waals surface area contributed by atoms with Crippen molar-refractivity contribution in [2.45, 2.75) is 51.7 Å². The van der Waals surface area contributed by atoms with Crippen LogP contribution in [-0.4, -0.2) is 25.2 Å². The molecule has 0 N–H and O–H groups in total. The summed E-state index contributed by atoms with van der Waals surface area (Å²) in [4.78, 5) is 23.6. The van der Waals surface area contributed by atoms with Gasteiger partial charge in [0.2, 0.25) is 0 Å². The van der Waals surface area contributed by atoms with Crippen molar-refractivity contribution in [2.24, 2.45) is 0 Å². The molecule has 0 bridgehead atoms. The van der Waals surface area contributed by atoms with Crippen molar-refractivity contribution in [3.05, 3.63) is 29.3 Å². The topological polar surface area (TPSA) is 61.8 Å². The number of rotatable bonds is 6. The molecule has 1 heterocycles. The largest absolute Gasteiger partial charge is 0.497 e. The lowest BCUT2D eigenvalue weighted by Gasteiger charge is -2.32. The van der Waals surface area contributed by atoms with Crippen LogP contribution in [0.4, 0.5) is 0 Å². The molecule has 0 saturated heterocycles. The van der Waals surface area contributed by atoms with Crippen molar-refractivity contribution in [2.75, 3.05) is 7.11 Å². The summed E-state index contributed by atoms with van der Waals surface area (Å²) >= 11 is 0. The highest BCUT2D eigenvalue weighted by atomic mass is 16.6. The van der Waals surface area contributed by atoms with Crippen LogP contribution in [0, 0.1) is 0 Å². The molecule has 0 saturated carbocycles. The molecule has 0 amide bonds. The predicted molar refractivity (Wildman–Crippen MR) is 80.8 cm³/mol. The summed E-state index contributed by atoms with van der Waals surface area (Å²) in [6.07, 6.45) is 2.70. The quantitative estimate of drug-likeness (QED) is 0.595. The Bertz CT molecular complexity index is 552. The summed E-state index contributed by atoms with van der Waals surface area (Å²) in [7, 11) is 1.56. The van der Waals surface area contributed by atoms with Crippen LogP contribution < -0.4 is 4.74 Å². The molecular weight excluding hydrogens is 284 g/mol. The van der Waals surface area contributed by atoms with E-state index in [1.807, 2.05) is 0 Å². The van der Waals surface area contributed by atoms with E-state index >= 15 is 0 Å². The second-order valence-electron chi connectivity index (χ2n) is 5.42. The maximum Gasteiger partial charge on any atom is 0.338 e. The average molecular weight is 306 g/mol. The molecular formula is C17H22O5. The number of methoxy groups -OCH3 is 1. The number of hydrogen-bond donors (Lipinski definition) is 0. The molecule has 0 aromatic heterocycles. The van der Waals surface area contributed by atoms with Crippen molar-refractivity contribution in [1.29, 1.82) is 0 Å². The molecule has 120 valence electrons. The van der Waals surface area contributed by atoms with Gasteiger partial charge in [-0.2, -0.15) is 0 Å². The number of hydrogen-bond acceptors (Lipinski definition) is 5. The fourth-order valence-corrected chi connectivity index (χ4v) is 2.68. The van der Waals surface area contributed by atoms with E-state index in [0.717, 1.165) is 19.3 Å². The van der Waals surface area contributed by atoms with E-state index in [4.69, 9.17) is 14.2 Å². The van der Waals surface area contributed by atoms with E-state index in [2.05, 4.69) is 6.92 Å². The number of fused-ring (bicyclic) bond motifs is 1. The number of cyclic esters (lactones) is 1. The highest BCUT2D eigenvalue weighted by Crippen LogP contribution is 2.36. The predicted octanol–water partition coefficient (Wildman–Crippen LogP) is 3.42. The van der Waals surface area contributed by atoms with Crippen molar-refractivity contribution in [1.82, 2.24) is 0 Å². The Labute approximate surface area is 130 Å². The van der Waals surface area contributed by atoms with Crippen LogP contribution in [0.25, 0.3) is 0 Å². The first-order valence-electron chi connectivity index (χ1n) is 7.63. The Morgan fingerprint density at radius 2 is 2.09 bits per heavy atom. The third-order valence-electron chi connectivity index (χ3n) is 3.77. The van der Waals surface area contributed by atoms with Gasteiger partial charge < -0.3 is 14.2 Å². The fraction of sp³-hybridized carbons (Fsp3) is 0.529. The molecule has 0 spiro atoms. The molecule has 1 aromatic carbocycles. The molecule has 0 aliphatic carbocycles. The van der Waals surface area contributed by atoms with Gasteiger partial charge in [-0.05, 0) is 31.0 Å². The van der Waals surface area contributed by atoms with Crippen molar-refractivity contribution in [3.8, 4) is 5.75 Å². The maximum atomic E-state index is 12.2. The molecule has 2 atom stereocenters. The first-order chi connectivity index (χ1) is 10.6. The SMILES string of the molecule is CCCCC[C@H]1OC(=O)c2ccc(OC)cc2[C@H]1OC(C)=O. The summed E-state index contributed by atoms with van der Waals surface area (Å²) in [5, 5.41) is 0. The van der Waals surface area contributed by atoms with E-state index in [0.29, 0.717) is 23.3 Å². The molecule has 0 fully saturated rings. The summed E-state index contributed by atoms with van der Waals surface area (Å²) < 4.78 is 16.1. The van der Waals surface area contributed by atoms with E-state index < -0.39 is 18.2 Å².